The number of aromatic amines is 2. The lowest BCUT2D eigenvalue weighted by Gasteiger charge is -2.26. The largest absolute Gasteiger partial charge is 0.379 e. The molecule has 2 rings (SSSR count). The minimum Gasteiger partial charge on any atom is -0.379 e. The molecule has 1 saturated heterocycles. The second-order valence-electron chi connectivity index (χ2n) is 3.79. The van der Waals surface area contributed by atoms with E-state index in [1.807, 2.05) is 0 Å². The molecule has 1 aliphatic rings. The predicted octanol–water partition coefficient (Wildman–Crippen LogP) is 0.0294. The molecule has 108 valence electrons. The summed E-state index contributed by atoms with van der Waals surface area (Å²) < 4.78 is 17.1. The number of aryl methyl sites for hydroxylation is 1. The first-order chi connectivity index (χ1) is 8.80. The van der Waals surface area contributed by atoms with E-state index in [2.05, 4.69) is 9.97 Å². The fourth-order valence-corrected chi connectivity index (χ4v) is 2.39. The van der Waals surface area contributed by atoms with Crippen molar-refractivity contribution in [1.29, 1.82) is 0 Å². The van der Waals surface area contributed by atoms with Gasteiger partial charge in [-0.3, -0.25) is 14.3 Å². The fraction of sp³-hybridized carbons (Fsp3) is 0.556. The quantitative estimate of drug-likeness (QED) is 0.630. The van der Waals surface area contributed by atoms with Gasteiger partial charge in [0.05, 0.1) is 13.2 Å². The zero-order chi connectivity index (χ0) is 14.5. The summed E-state index contributed by atoms with van der Waals surface area (Å²) >= 11 is 5.19. The molecule has 1 aromatic heterocycles. The van der Waals surface area contributed by atoms with Crippen molar-refractivity contribution in [2.75, 3.05) is 26.3 Å². The molecule has 0 aliphatic carbocycles. The SMILES string of the molecule is Cc1c[nH]c(=O)[nH]c1=O.O=P(O)(Cl)N1CCOCC1. The van der Waals surface area contributed by atoms with Crippen LogP contribution in [0.25, 0.3) is 0 Å². The highest BCUT2D eigenvalue weighted by molar-refractivity contribution is 7.82. The third-order valence-corrected chi connectivity index (χ3v) is 4.08. The van der Waals surface area contributed by atoms with Crippen LogP contribution in [-0.4, -0.2) is 45.8 Å². The van der Waals surface area contributed by atoms with Crippen molar-refractivity contribution in [2.45, 2.75) is 6.92 Å². The molecular formula is C9H15ClN3O5P. The minimum absolute atomic E-state index is 0.334. The number of rotatable bonds is 1. The summed E-state index contributed by atoms with van der Waals surface area (Å²) in [4.78, 5) is 34.1. The molecule has 1 aliphatic heterocycles. The van der Waals surface area contributed by atoms with Crippen LogP contribution in [0.15, 0.2) is 15.8 Å². The lowest BCUT2D eigenvalue weighted by atomic mass is 10.4. The molecule has 10 heteroatoms. The lowest BCUT2D eigenvalue weighted by Crippen LogP contribution is -2.32. The van der Waals surface area contributed by atoms with Crippen molar-refractivity contribution in [2.24, 2.45) is 0 Å². The normalized spacial score (nSPS) is 19.1. The first-order valence-electron chi connectivity index (χ1n) is 5.45. The summed E-state index contributed by atoms with van der Waals surface area (Å²) in [6, 6.07) is 0. The van der Waals surface area contributed by atoms with Crippen molar-refractivity contribution in [3.05, 3.63) is 32.6 Å². The van der Waals surface area contributed by atoms with Crippen LogP contribution in [-0.2, 0) is 9.30 Å². The van der Waals surface area contributed by atoms with Gasteiger partial charge in [-0.2, -0.15) is 0 Å². The average molecular weight is 312 g/mol. The Morgan fingerprint density at radius 3 is 2.37 bits per heavy atom. The van der Waals surface area contributed by atoms with Crippen molar-refractivity contribution in [3.63, 3.8) is 0 Å². The zero-order valence-corrected chi connectivity index (χ0v) is 11.9. The van der Waals surface area contributed by atoms with Gasteiger partial charge in [-0.05, 0) is 18.2 Å². The molecule has 0 bridgehead atoms. The van der Waals surface area contributed by atoms with E-state index in [1.165, 1.54) is 10.9 Å². The average Bonchev–Trinajstić information content (AvgIpc) is 2.35. The smallest absolute Gasteiger partial charge is 0.360 e. The van der Waals surface area contributed by atoms with E-state index in [4.69, 9.17) is 20.9 Å². The second kappa shape index (κ2) is 7.02. The van der Waals surface area contributed by atoms with Crippen LogP contribution < -0.4 is 11.2 Å². The standard InChI is InChI=1S/C5H6N2O2.C4H9ClNO3P/c1-3-2-6-5(9)7-4(3)8;5-10(7,8)6-1-3-9-4-2-6/h2H,1H3,(H2,6,7,8,9);1-4H2,(H,7,8). The first-order valence-corrected chi connectivity index (χ1v) is 7.96. The van der Waals surface area contributed by atoms with E-state index in [9.17, 15) is 14.2 Å². The van der Waals surface area contributed by atoms with Gasteiger partial charge in [-0.1, -0.05) is 0 Å². The topological polar surface area (TPSA) is 115 Å². The van der Waals surface area contributed by atoms with Gasteiger partial charge in [-0.25, -0.2) is 9.46 Å². The van der Waals surface area contributed by atoms with Gasteiger partial charge in [0.25, 0.3) is 5.56 Å². The maximum absolute atomic E-state index is 10.8. The fourth-order valence-electron chi connectivity index (χ4n) is 1.28. The Hall–Kier alpha value is -0.920. The number of hydrogen-bond donors (Lipinski definition) is 3. The Bertz CT molecular complexity index is 559. The van der Waals surface area contributed by atoms with Crippen LogP contribution in [0.2, 0.25) is 0 Å². The molecule has 1 fully saturated rings. The highest BCUT2D eigenvalue weighted by Crippen LogP contribution is 2.50. The Kier molecular flexibility index (Phi) is 5.96. The van der Waals surface area contributed by atoms with Crippen LogP contribution in [0.3, 0.4) is 0 Å². The molecule has 1 aromatic rings. The van der Waals surface area contributed by atoms with E-state index < -0.39 is 12.6 Å². The molecule has 3 N–H and O–H groups in total. The monoisotopic (exact) mass is 311 g/mol. The molecule has 0 aromatic carbocycles. The number of morpholine rings is 1. The van der Waals surface area contributed by atoms with E-state index in [0.717, 1.165) is 0 Å². The van der Waals surface area contributed by atoms with Crippen LogP contribution in [0.5, 0.6) is 0 Å². The molecule has 19 heavy (non-hydrogen) atoms. The summed E-state index contributed by atoms with van der Waals surface area (Å²) in [5.74, 6) is 0. The number of hydrogen-bond acceptors (Lipinski definition) is 4. The third-order valence-electron chi connectivity index (χ3n) is 2.34. The molecule has 1 atom stereocenters. The van der Waals surface area contributed by atoms with Gasteiger partial charge in [0, 0.05) is 24.8 Å². The molecule has 1 unspecified atom stereocenters. The molecule has 2 heterocycles. The molecule has 0 spiro atoms. The Labute approximate surface area is 113 Å². The Morgan fingerprint density at radius 1 is 1.42 bits per heavy atom. The maximum Gasteiger partial charge on any atom is 0.360 e. The summed E-state index contributed by atoms with van der Waals surface area (Å²) in [5, 5.41) is 0. The Morgan fingerprint density at radius 2 is 2.00 bits per heavy atom. The lowest BCUT2D eigenvalue weighted by molar-refractivity contribution is 0.0692. The first kappa shape index (κ1) is 16.1. The van der Waals surface area contributed by atoms with Gasteiger partial charge in [0.1, 0.15) is 0 Å². The summed E-state index contributed by atoms with van der Waals surface area (Å²) in [7, 11) is 0. The predicted molar refractivity (Wildman–Crippen MR) is 70.5 cm³/mol. The van der Waals surface area contributed by atoms with Crippen molar-refractivity contribution in [1.82, 2.24) is 14.6 Å². The third kappa shape index (κ3) is 5.71. The van der Waals surface area contributed by atoms with Gasteiger partial charge < -0.3 is 14.6 Å². The molecule has 8 nitrogen and oxygen atoms in total. The highest BCUT2D eigenvalue weighted by Gasteiger charge is 2.26. The van der Waals surface area contributed by atoms with E-state index >= 15 is 0 Å². The van der Waals surface area contributed by atoms with E-state index in [1.54, 1.807) is 6.92 Å². The molecule has 0 radical (unpaired) electrons. The van der Waals surface area contributed by atoms with Gasteiger partial charge >= 0.3 is 12.6 Å². The maximum atomic E-state index is 10.8. The van der Waals surface area contributed by atoms with Crippen LogP contribution in [0, 0.1) is 6.92 Å². The van der Waals surface area contributed by atoms with Crippen molar-refractivity contribution >= 4 is 18.1 Å². The summed E-state index contributed by atoms with van der Waals surface area (Å²) in [5.41, 5.74) is -0.293. The minimum atomic E-state index is -3.52. The molecule has 0 saturated carbocycles. The number of nitrogens with one attached hydrogen (secondary N) is 2. The Balaban J connectivity index is 0.000000191. The number of H-pyrrole nitrogens is 2. The van der Waals surface area contributed by atoms with Crippen LogP contribution in [0.4, 0.5) is 0 Å². The van der Waals surface area contributed by atoms with Crippen LogP contribution >= 0.6 is 18.1 Å². The van der Waals surface area contributed by atoms with Crippen molar-refractivity contribution in [3.8, 4) is 0 Å². The number of halogens is 1. The number of ether oxygens (including phenoxy) is 1. The van der Waals surface area contributed by atoms with Gasteiger partial charge in [0.2, 0.25) is 0 Å². The van der Waals surface area contributed by atoms with Gasteiger partial charge in [0.15, 0.2) is 0 Å². The van der Waals surface area contributed by atoms with Crippen molar-refractivity contribution < 1.29 is 14.2 Å². The van der Waals surface area contributed by atoms with E-state index in [-0.39, 0.29) is 5.56 Å². The highest BCUT2D eigenvalue weighted by atomic mass is 35.7. The van der Waals surface area contributed by atoms with E-state index in [0.29, 0.717) is 31.9 Å². The number of aromatic nitrogens is 2. The molecule has 0 amide bonds. The molecular weight excluding hydrogens is 297 g/mol. The van der Waals surface area contributed by atoms with Crippen LogP contribution in [0.1, 0.15) is 5.56 Å². The zero-order valence-electron chi connectivity index (χ0n) is 10.3. The number of nitrogens with zero attached hydrogens (tertiary/aromatic N) is 1. The second-order valence-corrected chi connectivity index (χ2v) is 6.63. The van der Waals surface area contributed by atoms with Gasteiger partial charge in [-0.15, -0.1) is 0 Å². The summed E-state index contributed by atoms with van der Waals surface area (Å²) in [6.45, 7) is -0.0455. The summed E-state index contributed by atoms with van der Waals surface area (Å²) in [6.07, 6.45) is 1.38.